The molecular formula is C11H15Cl. The first-order valence-corrected chi connectivity index (χ1v) is 4.96. The maximum Gasteiger partial charge on any atom is 0.0474 e. The molecule has 1 atom stereocenters. The van der Waals surface area contributed by atoms with Gasteiger partial charge in [-0.3, -0.25) is 0 Å². The predicted molar refractivity (Wildman–Crippen MR) is 54.7 cm³/mol. The van der Waals surface area contributed by atoms with Crippen molar-refractivity contribution in [1.29, 1.82) is 0 Å². The first-order valence-electron chi connectivity index (χ1n) is 4.42. The molecule has 1 aromatic rings. The highest BCUT2D eigenvalue weighted by molar-refractivity contribution is 6.17. The molecule has 1 rings (SSSR count). The van der Waals surface area contributed by atoms with Gasteiger partial charge in [-0.15, -0.1) is 11.6 Å². The molecule has 0 aromatic heterocycles. The molecule has 0 aliphatic heterocycles. The van der Waals surface area contributed by atoms with Gasteiger partial charge in [-0.25, -0.2) is 0 Å². The first-order chi connectivity index (χ1) is 5.77. The molecule has 0 N–H and O–H groups in total. The summed E-state index contributed by atoms with van der Waals surface area (Å²) in [5.74, 6) is 1.26. The second-order valence-corrected chi connectivity index (χ2v) is 3.46. The largest absolute Gasteiger partial charge is 0.122 e. The van der Waals surface area contributed by atoms with Crippen molar-refractivity contribution in [3.05, 3.63) is 35.4 Å². The zero-order valence-corrected chi connectivity index (χ0v) is 8.43. The van der Waals surface area contributed by atoms with Gasteiger partial charge in [0.05, 0.1) is 0 Å². The summed E-state index contributed by atoms with van der Waals surface area (Å²) in [7, 11) is 0. The minimum atomic E-state index is 0.615. The summed E-state index contributed by atoms with van der Waals surface area (Å²) >= 11 is 5.75. The minimum absolute atomic E-state index is 0.615. The minimum Gasteiger partial charge on any atom is -0.122 e. The van der Waals surface area contributed by atoms with Gasteiger partial charge in [-0.05, 0) is 23.5 Å². The van der Waals surface area contributed by atoms with Crippen LogP contribution in [0.4, 0.5) is 0 Å². The molecule has 0 radical (unpaired) electrons. The van der Waals surface area contributed by atoms with Crippen LogP contribution in [0.5, 0.6) is 0 Å². The van der Waals surface area contributed by atoms with Crippen molar-refractivity contribution >= 4 is 11.6 Å². The number of alkyl halides is 1. The fraction of sp³-hybridized carbons (Fsp3) is 0.455. The Kier molecular flexibility index (Phi) is 3.61. The summed E-state index contributed by atoms with van der Waals surface area (Å²) in [5.41, 5.74) is 2.62. The zero-order valence-electron chi connectivity index (χ0n) is 7.68. The Morgan fingerprint density at radius 3 is 2.75 bits per heavy atom. The average Bonchev–Trinajstić information content (AvgIpc) is 2.17. The van der Waals surface area contributed by atoms with Crippen LogP contribution in [-0.4, -0.2) is 0 Å². The maximum atomic E-state index is 5.75. The lowest BCUT2D eigenvalue weighted by Crippen LogP contribution is -1.91. The third-order valence-corrected chi connectivity index (χ3v) is 2.60. The molecule has 0 bridgehead atoms. The molecule has 0 amide bonds. The molecule has 0 saturated carbocycles. The quantitative estimate of drug-likeness (QED) is 0.622. The van der Waals surface area contributed by atoms with Crippen LogP contribution in [0.2, 0.25) is 0 Å². The van der Waals surface area contributed by atoms with Gasteiger partial charge < -0.3 is 0 Å². The molecule has 12 heavy (non-hydrogen) atoms. The standard InChI is InChI=1S/C11H15Cl/c1-3-9(2)11-6-4-5-10(7-11)8-12/h4-7,9H,3,8H2,1-2H3/t9-/m1/s1. The molecule has 0 heterocycles. The molecule has 0 aliphatic rings. The molecule has 0 saturated heterocycles. The third-order valence-electron chi connectivity index (χ3n) is 2.29. The maximum absolute atomic E-state index is 5.75. The summed E-state index contributed by atoms with van der Waals surface area (Å²) in [5, 5.41) is 0. The van der Waals surface area contributed by atoms with E-state index in [9.17, 15) is 0 Å². The van der Waals surface area contributed by atoms with Crippen LogP contribution in [-0.2, 0) is 5.88 Å². The van der Waals surface area contributed by atoms with Crippen LogP contribution >= 0.6 is 11.6 Å². The van der Waals surface area contributed by atoms with Gasteiger partial charge in [0.15, 0.2) is 0 Å². The Balaban J connectivity index is 2.86. The first kappa shape index (κ1) is 9.60. The van der Waals surface area contributed by atoms with E-state index in [1.165, 1.54) is 17.5 Å². The van der Waals surface area contributed by atoms with Crippen molar-refractivity contribution < 1.29 is 0 Å². The van der Waals surface area contributed by atoms with Gasteiger partial charge in [0.2, 0.25) is 0 Å². The predicted octanol–water partition coefficient (Wildman–Crippen LogP) is 3.94. The van der Waals surface area contributed by atoms with Crippen LogP contribution in [0, 0.1) is 0 Å². The van der Waals surface area contributed by atoms with E-state index in [1.807, 2.05) is 0 Å². The van der Waals surface area contributed by atoms with Gasteiger partial charge in [0, 0.05) is 5.88 Å². The van der Waals surface area contributed by atoms with Crippen molar-refractivity contribution in [2.75, 3.05) is 0 Å². The molecule has 0 fully saturated rings. The van der Waals surface area contributed by atoms with Crippen molar-refractivity contribution in [2.45, 2.75) is 32.1 Å². The van der Waals surface area contributed by atoms with E-state index in [0.717, 1.165) is 0 Å². The highest BCUT2D eigenvalue weighted by Gasteiger charge is 2.02. The van der Waals surface area contributed by atoms with E-state index in [1.54, 1.807) is 0 Å². The highest BCUT2D eigenvalue weighted by Crippen LogP contribution is 2.19. The van der Waals surface area contributed by atoms with Gasteiger partial charge in [-0.1, -0.05) is 38.1 Å². The Bertz CT molecular complexity index is 243. The molecule has 0 spiro atoms. The van der Waals surface area contributed by atoms with E-state index in [4.69, 9.17) is 11.6 Å². The summed E-state index contributed by atoms with van der Waals surface area (Å²) in [6, 6.07) is 8.52. The second-order valence-electron chi connectivity index (χ2n) is 3.19. The summed E-state index contributed by atoms with van der Waals surface area (Å²) in [6.07, 6.45) is 1.19. The number of hydrogen-bond donors (Lipinski definition) is 0. The van der Waals surface area contributed by atoms with E-state index >= 15 is 0 Å². The van der Waals surface area contributed by atoms with Gasteiger partial charge >= 0.3 is 0 Å². The van der Waals surface area contributed by atoms with Crippen molar-refractivity contribution in [1.82, 2.24) is 0 Å². The lowest BCUT2D eigenvalue weighted by Gasteiger charge is -2.09. The lowest BCUT2D eigenvalue weighted by molar-refractivity contribution is 0.733. The van der Waals surface area contributed by atoms with E-state index < -0.39 is 0 Å². The lowest BCUT2D eigenvalue weighted by atomic mass is 9.97. The van der Waals surface area contributed by atoms with Crippen LogP contribution in [0.15, 0.2) is 24.3 Å². The SMILES string of the molecule is CC[C@@H](C)c1cccc(CCl)c1. The molecule has 0 nitrogen and oxygen atoms in total. The smallest absolute Gasteiger partial charge is 0.0474 e. The van der Waals surface area contributed by atoms with Crippen molar-refractivity contribution in [3.8, 4) is 0 Å². The second kappa shape index (κ2) is 4.51. The molecule has 66 valence electrons. The van der Waals surface area contributed by atoms with E-state index in [-0.39, 0.29) is 0 Å². The topological polar surface area (TPSA) is 0 Å². The number of halogens is 1. The van der Waals surface area contributed by atoms with Crippen LogP contribution in [0.25, 0.3) is 0 Å². The number of benzene rings is 1. The highest BCUT2D eigenvalue weighted by atomic mass is 35.5. The summed E-state index contributed by atoms with van der Waals surface area (Å²) in [6.45, 7) is 4.45. The fourth-order valence-corrected chi connectivity index (χ4v) is 1.38. The monoisotopic (exact) mass is 182 g/mol. The Labute approximate surface area is 79.6 Å². The zero-order chi connectivity index (χ0) is 8.97. The van der Waals surface area contributed by atoms with Crippen LogP contribution in [0.1, 0.15) is 37.3 Å². The van der Waals surface area contributed by atoms with Crippen LogP contribution in [0.3, 0.4) is 0 Å². The Morgan fingerprint density at radius 2 is 2.17 bits per heavy atom. The normalized spacial score (nSPS) is 12.9. The Hall–Kier alpha value is -0.490. The number of hydrogen-bond acceptors (Lipinski definition) is 0. The van der Waals surface area contributed by atoms with Crippen LogP contribution < -0.4 is 0 Å². The molecular weight excluding hydrogens is 168 g/mol. The van der Waals surface area contributed by atoms with Gasteiger partial charge in [-0.2, -0.15) is 0 Å². The number of rotatable bonds is 3. The Morgan fingerprint density at radius 1 is 1.42 bits per heavy atom. The van der Waals surface area contributed by atoms with Crippen molar-refractivity contribution in [2.24, 2.45) is 0 Å². The van der Waals surface area contributed by atoms with E-state index in [0.29, 0.717) is 11.8 Å². The summed E-state index contributed by atoms with van der Waals surface area (Å²) < 4.78 is 0. The molecule has 1 aromatic carbocycles. The summed E-state index contributed by atoms with van der Waals surface area (Å²) in [4.78, 5) is 0. The van der Waals surface area contributed by atoms with Crippen molar-refractivity contribution in [3.63, 3.8) is 0 Å². The van der Waals surface area contributed by atoms with Gasteiger partial charge in [0.1, 0.15) is 0 Å². The third kappa shape index (κ3) is 2.25. The fourth-order valence-electron chi connectivity index (χ4n) is 1.22. The molecule has 0 unspecified atom stereocenters. The van der Waals surface area contributed by atoms with E-state index in [2.05, 4.69) is 38.1 Å². The average molecular weight is 183 g/mol. The molecule has 1 heteroatoms. The molecule has 0 aliphatic carbocycles. The van der Waals surface area contributed by atoms with Gasteiger partial charge in [0.25, 0.3) is 0 Å².